The van der Waals surface area contributed by atoms with Gasteiger partial charge in [-0.3, -0.25) is 38.6 Å². The highest BCUT2D eigenvalue weighted by molar-refractivity contribution is 5.77. The Morgan fingerprint density at radius 2 is 0.825 bits per heavy atom. The predicted octanol–water partition coefficient (Wildman–Crippen LogP) is -0.0818. The number of nitrogens with zero attached hydrogens (tertiary/aromatic N) is 2. The summed E-state index contributed by atoms with van der Waals surface area (Å²) in [6.45, 7) is 1.90. The van der Waals surface area contributed by atoms with Crippen molar-refractivity contribution in [2.45, 2.75) is 26.7 Å². The molecule has 0 unspecified atom stereocenters. The van der Waals surface area contributed by atoms with E-state index in [1.807, 2.05) is 0 Å². The van der Waals surface area contributed by atoms with E-state index in [2.05, 4.69) is 18.9 Å². The quantitative estimate of drug-likeness (QED) is 0.148. The fraction of sp³-hybridized carbons (Fsp3) is 0.538. The topological polar surface area (TPSA) is 164 Å². The maximum Gasteiger partial charge on any atom is 0.319 e. The van der Waals surface area contributed by atoms with Crippen LogP contribution in [0.5, 0.6) is 11.5 Å². The highest BCUT2D eigenvalue weighted by atomic mass is 16.6. The molecule has 0 bridgehead atoms. The van der Waals surface area contributed by atoms with E-state index in [1.54, 1.807) is 12.1 Å². The molecular weight excluding hydrogens is 532 g/mol. The van der Waals surface area contributed by atoms with Crippen LogP contribution in [0.2, 0.25) is 0 Å². The summed E-state index contributed by atoms with van der Waals surface area (Å²) >= 11 is 0. The van der Waals surface area contributed by atoms with Crippen LogP contribution in [0.3, 0.4) is 0 Å². The number of benzene rings is 1. The standard InChI is InChI=1S/C26H36N2O12/c1-17(29)39-25-19(9-11-27(13-21(31)35-3)14-22(32)36-4)7-8-20(26(25)40-18(2)30)10-12-28(15-23(33)37-5)16-24(34)38-6/h7-8H,9-16H2,1-6H3. The van der Waals surface area contributed by atoms with Gasteiger partial charge in [-0.05, 0) is 12.8 Å². The van der Waals surface area contributed by atoms with Crippen molar-refractivity contribution in [2.75, 3.05) is 67.7 Å². The van der Waals surface area contributed by atoms with Gasteiger partial charge >= 0.3 is 35.8 Å². The molecule has 0 aliphatic heterocycles. The molecule has 1 aromatic rings. The van der Waals surface area contributed by atoms with Gasteiger partial charge in [0.05, 0.1) is 54.6 Å². The van der Waals surface area contributed by atoms with Crippen molar-refractivity contribution in [3.8, 4) is 11.5 Å². The number of carbonyl (C=O) groups excluding carboxylic acids is 6. The van der Waals surface area contributed by atoms with Crippen LogP contribution < -0.4 is 9.47 Å². The van der Waals surface area contributed by atoms with Crippen LogP contribution in [0.25, 0.3) is 0 Å². The highest BCUT2D eigenvalue weighted by Gasteiger charge is 2.23. The van der Waals surface area contributed by atoms with Crippen molar-refractivity contribution in [2.24, 2.45) is 0 Å². The number of esters is 6. The minimum atomic E-state index is -0.675. The lowest BCUT2D eigenvalue weighted by molar-refractivity contribution is -0.147. The van der Waals surface area contributed by atoms with Crippen LogP contribution in [0.4, 0.5) is 0 Å². The van der Waals surface area contributed by atoms with Crippen molar-refractivity contribution in [3.63, 3.8) is 0 Å². The fourth-order valence-electron chi connectivity index (χ4n) is 3.52. The second-order valence-corrected chi connectivity index (χ2v) is 8.46. The Hall–Kier alpha value is -4.04. The summed E-state index contributed by atoms with van der Waals surface area (Å²) in [7, 11) is 4.89. The molecule has 14 heteroatoms. The maximum atomic E-state index is 12.0. The van der Waals surface area contributed by atoms with Gasteiger partial charge < -0.3 is 28.4 Å². The van der Waals surface area contributed by atoms with Gasteiger partial charge in [0.15, 0.2) is 11.5 Å². The molecule has 0 saturated carbocycles. The van der Waals surface area contributed by atoms with Crippen LogP contribution in [0.15, 0.2) is 12.1 Å². The Bertz CT molecular complexity index is 953. The number of hydrogen-bond donors (Lipinski definition) is 0. The number of hydrogen-bond acceptors (Lipinski definition) is 14. The summed E-state index contributed by atoms with van der Waals surface area (Å²) in [5.74, 6) is -3.64. The lowest BCUT2D eigenvalue weighted by atomic mass is 10.0. The van der Waals surface area contributed by atoms with E-state index in [9.17, 15) is 28.8 Å². The largest absolute Gasteiger partial charge is 0.468 e. The Kier molecular flexibility index (Phi) is 14.9. The summed E-state index contributed by atoms with van der Waals surface area (Å²) in [6.07, 6.45) is 0.365. The molecule has 14 nitrogen and oxygen atoms in total. The molecule has 40 heavy (non-hydrogen) atoms. The first-order valence-corrected chi connectivity index (χ1v) is 12.2. The lowest BCUT2D eigenvalue weighted by Gasteiger charge is -2.23. The van der Waals surface area contributed by atoms with Crippen molar-refractivity contribution in [1.82, 2.24) is 9.80 Å². The molecule has 0 atom stereocenters. The zero-order chi connectivity index (χ0) is 30.2. The molecule has 222 valence electrons. The lowest BCUT2D eigenvalue weighted by Crippen LogP contribution is -2.37. The van der Waals surface area contributed by atoms with Gasteiger partial charge in [0.2, 0.25) is 0 Å². The zero-order valence-electron chi connectivity index (χ0n) is 23.6. The van der Waals surface area contributed by atoms with E-state index in [4.69, 9.17) is 9.47 Å². The van der Waals surface area contributed by atoms with Gasteiger partial charge in [-0.2, -0.15) is 0 Å². The number of methoxy groups -OCH3 is 4. The van der Waals surface area contributed by atoms with E-state index in [0.29, 0.717) is 11.1 Å². The van der Waals surface area contributed by atoms with Gasteiger partial charge in [-0.25, -0.2) is 0 Å². The molecule has 0 fully saturated rings. The summed E-state index contributed by atoms with van der Waals surface area (Å²) < 4.78 is 29.7. The Morgan fingerprint density at radius 3 is 1.05 bits per heavy atom. The minimum Gasteiger partial charge on any atom is -0.468 e. The molecule has 1 rings (SSSR count). The Balaban J connectivity index is 3.36. The van der Waals surface area contributed by atoms with Crippen LogP contribution >= 0.6 is 0 Å². The Morgan fingerprint density at radius 1 is 0.550 bits per heavy atom. The number of carbonyl (C=O) groups is 6. The molecule has 0 aliphatic carbocycles. The van der Waals surface area contributed by atoms with Gasteiger partial charge in [0, 0.05) is 38.1 Å². The molecule has 0 N–H and O–H groups in total. The van der Waals surface area contributed by atoms with E-state index in [-0.39, 0.29) is 63.6 Å². The van der Waals surface area contributed by atoms with Crippen molar-refractivity contribution in [3.05, 3.63) is 23.3 Å². The second-order valence-electron chi connectivity index (χ2n) is 8.46. The summed E-state index contributed by atoms with van der Waals surface area (Å²) in [5.41, 5.74) is 0.909. The number of ether oxygens (including phenoxy) is 6. The third-order valence-electron chi connectivity index (χ3n) is 5.48. The van der Waals surface area contributed by atoms with Gasteiger partial charge in [-0.15, -0.1) is 0 Å². The van der Waals surface area contributed by atoms with E-state index in [1.165, 1.54) is 52.1 Å². The summed E-state index contributed by atoms with van der Waals surface area (Å²) in [5, 5.41) is 0. The van der Waals surface area contributed by atoms with Gasteiger partial charge in [-0.1, -0.05) is 12.1 Å². The fourth-order valence-corrected chi connectivity index (χ4v) is 3.52. The molecule has 1 aromatic carbocycles. The van der Waals surface area contributed by atoms with Crippen LogP contribution in [-0.2, 0) is 60.6 Å². The van der Waals surface area contributed by atoms with Gasteiger partial charge in [0.25, 0.3) is 0 Å². The highest BCUT2D eigenvalue weighted by Crippen LogP contribution is 2.36. The molecule has 0 aliphatic rings. The average Bonchev–Trinajstić information content (AvgIpc) is 2.91. The average molecular weight is 569 g/mol. The molecule has 0 radical (unpaired) electrons. The predicted molar refractivity (Wildman–Crippen MR) is 137 cm³/mol. The molecule has 0 aromatic heterocycles. The van der Waals surface area contributed by atoms with Crippen molar-refractivity contribution in [1.29, 1.82) is 0 Å². The van der Waals surface area contributed by atoms with Gasteiger partial charge in [0.1, 0.15) is 0 Å². The third-order valence-corrected chi connectivity index (χ3v) is 5.48. The first-order chi connectivity index (χ1) is 18.9. The monoisotopic (exact) mass is 568 g/mol. The van der Waals surface area contributed by atoms with E-state index < -0.39 is 35.8 Å². The molecule has 0 spiro atoms. The SMILES string of the molecule is COC(=O)CN(CCc1ccc(CCN(CC(=O)OC)CC(=O)OC)c(OC(C)=O)c1OC(C)=O)CC(=O)OC. The van der Waals surface area contributed by atoms with E-state index in [0.717, 1.165) is 0 Å². The normalized spacial score (nSPS) is 10.6. The molecule has 0 heterocycles. The number of rotatable bonds is 16. The zero-order valence-corrected chi connectivity index (χ0v) is 23.6. The van der Waals surface area contributed by atoms with Crippen molar-refractivity contribution >= 4 is 35.8 Å². The summed E-state index contributed by atoms with van der Waals surface area (Å²) in [4.78, 5) is 74.3. The molecule has 0 saturated heterocycles. The minimum absolute atomic E-state index is 0.0104. The molecular formula is C26H36N2O12. The first-order valence-electron chi connectivity index (χ1n) is 12.2. The second kappa shape index (κ2) is 17.5. The Labute approximate surface area is 232 Å². The third kappa shape index (κ3) is 12.2. The molecule has 0 amide bonds. The van der Waals surface area contributed by atoms with Crippen LogP contribution in [0, 0.1) is 0 Å². The summed E-state index contributed by atoms with van der Waals surface area (Å²) in [6, 6.07) is 3.31. The first kappa shape index (κ1) is 34.0. The smallest absolute Gasteiger partial charge is 0.319 e. The van der Waals surface area contributed by atoms with Crippen molar-refractivity contribution < 1.29 is 57.2 Å². The van der Waals surface area contributed by atoms with Crippen LogP contribution in [0.1, 0.15) is 25.0 Å². The van der Waals surface area contributed by atoms with E-state index >= 15 is 0 Å². The maximum absolute atomic E-state index is 12.0. The van der Waals surface area contributed by atoms with Crippen LogP contribution in [-0.4, -0.2) is 113 Å².